The van der Waals surface area contributed by atoms with Crippen LogP contribution in [0.2, 0.25) is 0 Å². The first-order valence-electron chi connectivity index (χ1n) is 9.67. The summed E-state index contributed by atoms with van der Waals surface area (Å²) in [6.45, 7) is 0. The summed E-state index contributed by atoms with van der Waals surface area (Å²) in [6, 6.07) is 2.71. The van der Waals surface area contributed by atoms with Crippen LogP contribution in [0.4, 0.5) is 19.0 Å². The summed E-state index contributed by atoms with van der Waals surface area (Å²) < 4.78 is 40.0. The average Bonchev–Trinajstić information content (AvgIpc) is 2.68. The van der Waals surface area contributed by atoms with E-state index in [2.05, 4.69) is 20.4 Å². The summed E-state index contributed by atoms with van der Waals surface area (Å²) >= 11 is 0. The number of anilines is 1. The fourth-order valence-electron chi connectivity index (χ4n) is 4.10. The van der Waals surface area contributed by atoms with E-state index in [1.54, 1.807) is 10.7 Å². The van der Waals surface area contributed by atoms with Crippen molar-refractivity contribution >= 4 is 5.82 Å². The van der Waals surface area contributed by atoms with Gasteiger partial charge in [-0.15, -0.1) is 0 Å². The average molecular weight is 393 g/mol. The van der Waals surface area contributed by atoms with Crippen molar-refractivity contribution < 1.29 is 13.2 Å². The van der Waals surface area contributed by atoms with E-state index in [1.807, 2.05) is 0 Å². The molecule has 2 heterocycles. The highest BCUT2D eigenvalue weighted by Crippen LogP contribution is 2.31. The standard InChI is InChI=1S/C19H22F3N5O/c20-19(21,22)16-10-17(24-11-23-16)25-13-5-7-14(8-6-13)27-18(28)9-12-3-1-2-4-15(12)26-27/h9-11,13-14H,1-8H2,(H,23,24,25). The quantitative estimate of drug-likeness (QED) is 0.864. The number of nitrogens with one attached hydrogen (secondary N) is 1. The minimum Gasteiger partial charge on any atom is -0.367 e. The first kappa shape index (κ1) is 18.9. The third-order valence-corrected chi connectivity index (χ3v) is 5.58. The Balaban J connectivity index is 1.41. The summed E-state index contributed by atoms with van der Waals surface area (Å²) in [5, 5.41) is 7.69. The van der Waals surface area contributed by atoms with Gasteiger partial charge >= 0.3 is 6.18 Å². The Morgan fingerprint density at radius 3 is 2.54 bits per heavy atom. The van der Waals surface area contributed by atoms with Gasteiger partial charge in [0.15, 0.2) is 0 Å². The molecule has 150 valence electrons. The Morgan fingerprint density at radius 1 is 1.04 bits per heavy atom. The van der Waals surface area contributed by atoms with Crippen LogP contribution in [0, 0.1) is 0 Å². The predicted octanol–water partition coefficient (Wildman–Crippen LogP) is 3.53. The largest absolute Gasteiger partial charge is 0.433 e. The molecule has 28 heavy (non-hydrogen) atoms. The minimum atomic E-state index is -4.49. The molecule has 1 fully saturated rings. The summed E-state index contributed by atoms with van der Waals surface area (Å²) in [7, 11) is 0. The maximum Gasteiger partial charge on any atom is 0.433 e. The molecule has 2 aromatic rings. The van der Waals surface area contributed by atoms with Gasteiger partial charge in [-0.1, -0.05) is 0 Å². The summed E-state index contributed by atoms with van der Waals surface area (Å²) in [5.74, 6) is 0.176. The predicted molar refractivity (Wildman–Crippen MR) is 97.1 cm³/mol. The number of aromatic nitrogens is 4. The molecule has 0 bridgehead atoms. The molecular formula is C19H22F3N5O. The SMILES string of the molecule is O=c1cc2c(nn1C1CCC(Nc3cc(C(F)(F)F)ncn3)CC1)CCCC2. The Bertz CT molecular complexity index is 903. The van der Waals surface area contributed by atoms with E-state index in [1.165, 1.54) is 0 Å². The van der Waals surface area contributed by atoms with Crippen LogP contribution in [0.25, 0.3) is 0 Å². The Kier molecular flexibility index (Phi) is 5.07. The van der Waals surface area contributed by atoms with E-state index >= 15 is 0 Å². The number of aryl methyl sites for hydroxylation is 2. The lowest BCUT2D eigenvalue weighted by atomic mass is 9.91. The van der Waals surface area contributed by atoms with Gasteiger partial charge < -0.3 is 5.32 Å². The Hall–Kier alpha value is -2.45. The van der Waals surface area contributed by atoms with Crippen LogP contribution >= 0.6 is 0 Å². The van der Waals surface area contributed by atoms with E-state index in [0.29, 0.717) is 0 Å². The fourth-order valence-corrected chi connectivity index (χ4v) is 4.10. The van der Waals surface area contributed by atoms with Crippen molar-refractivity contribution in [3.8, 4) is 0 Å². The molecule has 2 aromatic heterocycles. The Morgan fingerprint density at radius 2 is 1.79 bits per heavy atom. The number of fused-ring (bicyclic) bond motifs is 1. The lowest BCUT2D eigenvalue weighted by molar-refractivity contribution is -0.141. The molecule has 4 rings (SSSR count). The van der Waals surface area contributed by atoms with Crippen LogP contribution in [-0.2, 0) is 19.0 Å². The van der Waals surface area contributed by atoms with Gasteiger partial charge in [-0.05, 0) is 56.9 Å². The highest BCUT2D eigenvalue weighted by molar-refractivity contribution is 5.36. The lowest BCUT2D eigenvalue weighted by Gasteiger charge is -2.30. The van der Waals surface area contributed by atoms with Crippen molar-refractivity contribution in [1.82, 2.24) is 19.7 Å². The molecule has 0 amide bonds. The van der Waals surface area contributed by atoms with Gasteiger partial charge in [0, 0.05) is 18.2 Å². The molecule has 0 atom stereocenters. The topological polar surface area (TPSA) is 72.7 Å². The monoisotopic (exact) mass is 393 g/mol. The molecule has 9 heteroatoms. The van der Waals surface area contributed by atoms with Gasteiger partial charge in [0.2, 0.25) is 0 Å². The number of hydrogen-bond donors (Lipinski definition) is 1. The molecule has 0 aromatic carbocycles. The van der Waals surface area contributed by atoms with Crippen LogP contribution in [0.1, 0.15) is 61.5 Å². The van der Waals surface area contributed by atoms with Crippen LogP contribution in [0.3, 0.4) is 0 Å². The minimum absolute atomic E-state index is 0.0144. The molecule has 2 aliphatic rings. The van der Waals surface area contributed by atoms with E-state index in [-0.39, 0.29) is 23.5 Å². The number of nitrogens with zero attached hydrogens (tertiary/aromatic N) is 4. The molecule has 0 saturated heterocycles. The van der Waals surface area contributed by atoms with E-state index in [9.17, 15) is 18.0 Å². The summed E-state index contributed by atoms with van der Waals surface area (Å²) in [6.07, 6.45) is 3.46. The maximum atomic E-state index is 12.8. The van der Waals surface area contributed by atoms with Crippen molar-refractivity contribution in [3.63, 3.8) is 0 Å². The molecule has 1 N–H and O–H groups in total. The molecule has 0 spiro atoms. The number of alkyl halides is 3. The van der Waals surface area contributed by atoms with Crippen molar-refractivity contribution in [2.75, 3.05) is 5.32 Å². The van der Waals surface area contributed by atoms with Crippen molar-refractivity contribution in [2.45, 2.75) is 69.6 Å². The Labute approximate surface area is 160 Å². The third-order valence-electron chi connectivity index (χ3n) is 5.58. The van der Waals surface area contributed by atoms with Crippen molar-refractivity contribution in [3.05, 3.63) is 45.8 Å². The van der Waals surface area contributed by atoms with Crippen molar-refractivity contribution in [2.24, 2.45) is 0 Å². The normalized spacial score (nSPS) is 22.5. The molecule has 1 saturated carbocycles. The molecule has 6 nitrogen and oxygen atoms in total. The molecule has 2 aliphatic carbocycles. The molecule has 0 aliphatic heterocycles. The number of hydrogen-bond acceptors (Lipinski definition) is 5. The van der Waals surface area contributed by atoms with Crippen LogP contribution in [-0.4, -0.2) is 25.8 Å². The van der Waals surface area contributed by atoms with Gasteiger partial charge in [-0.2, -0.15) is 18.3 Å². The molecule has 0 radical (unpaired) electrons. The van der Waals surface area contributed by atoms with Crippen LogP contribution < -0.4 is 10.9 Å². The highest BCUT2D eigenvalue weighted by atomic mass is 19.4. The van der Waals surface area contributed by atoms with E-state index in [0.717, 1.165) is 75.0 Å². The second-order valence-corrected chi connectivity index (χ2v) is 7.54. The smallest absolute Gasteiger partial charge is 0.367 e. The number of halogens is 3. The van der Waals surface area contributed by atoms with Crippen molar-refractivity contribution in [1.29, 1.82) is 0 Å². The first-order chi connectivity index (χ1) is 13.4. The second kappa shape index (κ2) is 7.52. The zero-order valence-electron chi connectivity index (χ0n) is 15.4. The fraction of sp³-hybridized carbons (Fsp3) is 0.579. The molecular weight excluding hydrogens is 371 g/mol. The van der Waals surface area contributed by atoms with Gasteiger partial charge in [0.05, 0.1) is 11.7 Å². The van der Waals surface area contributed by atoms with E-state index in [4.69, 9.17) is 0 Å². The zero-order valence-corrected chi connectivity index (χ0v) is 15.4. The van der Waals surface area contributed by atoms with Gasteiger partial charge in [0.25, 0.3) is 5.56 Å². The summed E-state index contributed by atoms with van der Waals surface area (Å²) in [5.41, 5.74) is 1.10. The first-order valence-corrected chi connectivity index (χ1v) is 9.67. The van der Waals surface area contributed by atoms with Gasteiger partial charge in [-0.25, -0.2) is 14.6 Å². The second-order valence-electron chi connectivity index (χ2n) is 7.54. The lowest BCUT2D eigenvalue weighted by Crippen LogP contribution is -2.34. The van der Waals surface area contributed by atoms with E-state index < -0.39 is 11.9 Å². The third kappa shape index (κ3) is 4.02. The molecule has 0 unspecified atom stereocenters. The van der Waals surface area contributed by atoms with Crippen LogP contribution in [0.15, 0.2) is 23.3 Å². The zero-order chi connectivity index (χ0) is 19.7. The summed E-state index contributed by atoms with van der Waals surface area (Å²) in [4.78, 5) is 19.6. The highest BCUT2D eigenvalue weighted by Gasteiger charge is 2.33. The van der Waals surface area contributed by atoms with Crippen LogP contribution in [0.5, 0.6) is 0 Å². The van der Waals surface area contributed by atoms with Gasteiger partial charge in [-0.3, -0.25) is 4.79 Å². The maximum absolute atomic E-state index is 12.8. The number of rotatable bonds is 3. The van der Waals surface area contributed by atoms with Gasteiger partial charge in [0.1, 0.15) is 17.8 Å².